The van der Waals surface area contributed by atoms with E-state index in [9.17, 15) is 22.8 Å². The summed E-state index contributed by atoms with van der Waals surface area (Å²) >= 11 is 0. The Balaban J connectivity index is 2.36. The summed E-state index contributed by atoms with van der Waals surface area (Å²) in [6.45, 7) is 0.739. The van der Waals surface area contributed by atoms with Gasteiger partial charge in [0, 0.05) is 12.5 Å². The Hall–Kier alpha value is -1.11. The number of carbonyl (C=O) groups excluding carboxylic acids is 2. The van der Waals surface area contributed by atoms with Gasteiger partial charge in [-0.05, 0) is 26.3 Å². The van der Waals surface area contributed by atoms with Gasteiger partial charge in [0.25, 0.3) is 0 Å². The molecular formula is C11H17F3N2O2. The van der Waals surface area contributed by atoms with E-state index in [1.54, 1.807) is 4.90 Å². The summed E-state index contributed by atoms with van der Waals surface area (Å²) in [6.07, 6.45) is -2.36. The summed E-state index contributed by atoms with van der Waals surface area (Å²) in [4.78, 5) is 24.1. The molecule has 0 aromatic carbocycles. The molecule has 1 rings (SSSR count). The Morgan fingerprint density at radius 1 is 1.39 bits per heavy atom. The van der Waals surface area contributed by atoms with Crippen molar-refractivity contribution in [3.8, 4) is 0 Å². The molecule has 0 aromatic heterocycles. The number of nitrogens with one attached hydrogen (secondary N) is 1. The third kappa shape index (κ3) is 5.48. The monoisotopic (exact) mass is 266 g/mol. The van der Waals surface area contributed by atoms with E-state index >= 15 is 0 Å². The van der Waals surface area contributed by atoms with Gasteiger partial charge in [-0.15, -0.1) is 0 Å². The van der Waals surface area contributed by atoms with Gasteiger partial charge in [0.1, 0.15) is 12.3 Å². The van der Waals surface area contributed by atoms with Crippen LogP contribution in [0.1, 0.15) is 26.2 Å². The Morgan fingerprint density at radius 2 is 2.06 bits per heavy atom. The fraction of sp³-hybridized carbons (Fsp3) is 0.818. The summed E-state index contributed by atoms with van der Waals surface area (Å²) in [5.41, 5.74) is 0. The van der Waals surface area contributed by atoms with E-state index < -0.39 is 18.6 Å². The molecule has 1 aliphatic rings. The first-order chi connectivity index (χ1) is 8.28. The van der Waals surface area contributed by atoms with Crippen LogP contribution in [0, 0.1) is 0 Å². The summed E-state index contributed by atoms with van der Waals surface area (Å²) in [6, 6.07) is -0.0147. The Kier molecular flexibility index (Phi) is 5.13. The van der Waals surface area contributed by atoms with Crippen molar-refractivity contribution in [2.24, 2.45) is 0 Å². The predicted octanol–water partition coefficient (Wildman–Crippen LogP) is 1.11. The van der Waals surface area contributed by atoms with Gasteiger partial charge in [0.05, 0.1) is 6.54 Å². The van der Waals surface area contributed by atoms with E-state index in [0.29, 0.717) is 13.0 Å². The highest BCUT2D eigenvalue weighted by molar-refractivity contribution is 5.79. The minimum absolute atomic E-state index is 0.0147. The quantitative estimate of drug-likeness (QED) is 0.811. The third-order valence-electron chi connectivity index (χ3n) is 2.85. The van der Waals surface area contributed by atoms with Gasteiger partial charge in [-0.1, -0.05) is 0 Å². The zero-order valence-corrected chi connectivity index (χ0v) is 10.2. The maximum Gasteiger partial charge on any atom is 0.405 e. The van der Waals surface area contributed by atoms with Crippen molar-refractivity contribution >= 4 is 11.7 Å². The van der Waals surface area contributed by atoms with Crippen LogP contribution in [0.25, 0.3) is 0 Å². The lowest BCUT2D eigenvalue weighted by Crippen LogP contribution is -2.43. The average molecular weight is 266 g/mol. The first-order valence-electron chi connectivity index (χ1n) is 5.85. The molecule has 0 aromatic rings. The Labute approximate surface area is 104 Å². The molecule has 1 unspecified atom stereocenters. The number of amides is 1. The van der Waals surface area contributed by atoms with Crippen molar-refractivity contribution in [2.45, 2.75) is 38.4 Å². The van der Waals surface area contributed by atoms with Gasteiger partial charge in [-0.3, -0.25) is 14.5 Å². The minimum Gasteiger partial charge on any atom is -0.346 e. The van der Waals surface area contributed by atoms with Crippen LogP contribution in [0.4, 0.5) is 13.2 Å². The van der Waals surface area contributed by atoms with Crippen LogP contribution < -0.4 is 5.32 Å². The van der Waals surface area contributed by atoms with E-state index in [-0.39, 0.29) is 18.4 Å². The van der Waals surface area contributed by atoms with Gasteiger partial charge in [-0.25, -0.2) is 0 Å². The number of Topliss-reactive ketones (excluding diaryl/α,β-unsaturated/α-hetero) is 1. The number of nitrogens with zero attached hydrogens (tertiary/aromatic N) is 1. The van der Waals surface area contributed by atoms with Crippen molar-refractivity contribution in [1.29, 1.82) is 0 Å². The van der Waals surface area contributed by atoms with Crippen molar-refractivity contribution in [3.05, 3.63) is 0 Å². The van der Waals surface area contributed by atoms with Gasteiger partial charge in [0.2, 0.25) is 5.91 Å². The van der Waals surface area contributed by atoms with Crippen molar-refractivity contribution < 1.29 is 22.8 Å². The number of alkyl halides is 3. The molecule has 1 aliphatic heterocycles. The molecular weight excluding hydrogens is 249 g/mol. The standard InChI is InChI=1S/C11H17F3N2O2/c1-8(17)5-9-3-2-4-16(9)6-10(18)15-7-11(12,13)14/h9H,2-7H2,1H3,(H,15,18). The van der Waals surface area contributed by atoms with E-state index in [0.717, 1.165) is 12.8 Å². The van der Waals surface area contributed by atoms with Crippen LogP contribution in [0.2, 0.25) is 0 Å². The van der Waals surface area contributed by atoms with Gasteiger partial charge < -0.3 is 5.32 Å². The average Bonchev–Trinajstić information content (AvgIpc) is 2.61. The molecule has 7 heteroatoms. The number of likely N-dealkylation sites (tertiary alicyclic amines) is 1. The molecule has 1 N–H and O–H groups in total. The fourth-order valence-electron chi connectivity index (χ4n) is 2.11. The van der Waals surface area contributed by atoms with E-state index in [4.69, 9.17) is 0 Å². The van der Waals surface area contributed by atoms with Crippen LogP contribution in [-0.4, -0.2) is 48.4 Å². The van der Waals surface area contributed by atoms with Gasteiger partial charge >= 0.3 is 6.18 Å². The highest BCUT2D eigenvalue weighted by Gasteiger charge is 2.30. The van der Waals surface area contributed by atoms with Crippen molar-refractivity contribution in [2.75, 3.05) is 19.6 Å². The second kappa shape index (κ2) is 6.17. The summed E-state index contributed by atoms with van der Waals surface area (Å²) in [7, 11) is 0. The molecule has 104 valence electrons. The minimum atomic E-state index is -4.39. The van der Waals surface area contributed by atoms with E-state index in [1.807, 2.05) is 5.32 Å². The normalized spacial score (nSPS) is 21.0. The second-order valence-corrected chi connectivity index (χ2v) is 4.56. The molecule has 1 amide bonds. The molecule has 1 fully saturated rings. The molecule has 0 radical (unpaired) electrons. The SMILES string of the molecule is CC(=O)CC1CCCN1CC(=O)NCC(F)(F)F. The lowest BCUT2D eigenvalue weighted by molar-refractivity contribution is -0.139. The van der Waals surface area contributed by atoms with Crippen LogP contribution >= 0.6 is 0 Å². The number of carbonyl (C=O) groups is 2. The number of ketones is 1. The third-order valence-corrected chi connectivity index (χ3v) is 2.85. The van der Waals surface area contributed by atoms with Crippen molar-refractivity contribution in [1.82, 2.24) is 10.2 Å². The Morgan fingerprint density at radius 3 is 2.61 bits per heavy atom. The first-order valence-corrected chi connectivity index (χ1v) is 5.85. The van der Waals surface area contributed by atoms with Gasteiger partial charge in [-0.2, -0.15) is 13.2 Å². The molecule has 0 saturated carbocycles. The molecule has 18 heavy (non-hydrogen) atoms. The zero-order valence-electron chi connectivity index (χ0n) is 10.2. The maximum absolute atomic E-state index is 11.9. The summed E-state index contributed by atoms with van der Waals surface area (Å²) in [5.74, 6) is -0.620. The smallest absolute Gasteiger partial charge is 0.346 e. The highest BCUT2D eigenvalue weighted by atomic mass is 19.4. The molecule has 4 nitrogen and oxygen atoms in total. The number of hydrogen-bond acceptors (Lipinski definition) is 3. The van der Waals surface area contributed by atoms with Crippen LogP contribution in [-0.2, 0) is 9.59 Å². The molecule has 0 bridgehead atoms. The van der Waals surface area contributed by atoms with Crippen molar-refractivity contribution in [3.63, 3.8) is 0 Å². The lowest BCUT2D eigenvalue weighted by Gasteiger charge is -2.23. The number of hydrogen-bond donors (Lipinski definition) is 1. The Bertz CT molecular complexity index is 318. The fourth-order valence-corrected chi connectivity index (χ4v) is 2.11. The van der Waals surface area contributed by atoms with Crippen LogP contribution in [0.15, 0.2) is 0 Å². The van der Waals surface area contributed by atoms with Crippen LogP contribution in [0.3, 0.4) is 0 Å². The topological polar surface area (TPSA) is 49.4 Å². The van der Waals surface area contributed by atoms with Gasteiger partial charge in [0.15, 0.2) is 0 Å². The number of rotatable bonds is 5. The zero-order chi connectivity index (χ0) is 13.8. The maximum atomic E-state index is 11.9. The summed E-state index contributed by atoms with van der Waals surface area (Å²) in [5, 5.41) is 1.83. The summed E-state index contributed by atoms with van der Waals surface area (Å²) < 4.78 is 35.7. The molecule has 1 saturated heterocycles. The second-order valence-electron chi connectivity index (χ2n) is 4.56. The molecule has 1 atom stereocenters. The van der Waals surface area contributed by atoms with E-state index in [1.165, 1.54) is 6.92 Å². The largest absolute Gasteiger partial charge is 0.405 e. The first kappa shape index (κ1) is 14.9. The molecule has 0 spiro atoms. The number of halogens is 3. The van der Waals surface area contributed by atoms with Crippen LogP contribution in [0.5, 0.6) is 0 Å². The van der Waals surface area contributed by atoms with E-state index in [2.05, 4.69) is 0 Å². The predicted molar refractivity (Wildman–Crippen MR) is 59.0 cm³/mol. The molecule has 0 aliphatic carbocycles. The molecule has 1 heterocycles. The lowest BCUT2D eigenvalue weighted by atomic mass is 10.1. The highest BCUT2D eigenvalue weighted by Crippen LogP contribution is 2.19.